The lowest BCUT2D eigenvalue weighted by molar-refractivity contribution is 0.203. The molecule has 0 aliphatic rings. The van der Waals surface area contributed by atoms with Gasteiger partial charge < -0.3 is 4.90 Å². The normalized spacial score (nSPS) is 9.88. The van der Waals surface area contributed by atoms with Crippen molar-refractivity contribution < 1.29 is 4.79 Å². The molecule has 5 heteroatoms. The van der Waals surface area contributed by atoms with Gasteiger partial charge >= 0.3 is 11.7 Å². The molecule has 86 valence electrons. The Labute approximate surface area is 94.0 Å². The van der Waals surface area contributed by atoms with Crippen LogP contribution in [0.2, 0.25) is 0 Å². The average molecular weight is 221 g/mol. The smallest absolute Gasteiger partial charge is 0.325 e. The first kappa shape index (κ1) is 12.2. The van der Waals surface area contributed by atoms with E-state index in [0.717, 1.165) is 4.57 Å². The highest BCUT2D eigenvalue weighted by atomic mass is 16.2. The van der Waals surface area contributed by atoms with Gasteiger partial charge in [0.05, 0.1) is 0 Å². The Morgan fingerprint density at radius 3 is 2.69 bits per heavy atom. The van der Waals surface area contributed by atoms with E-state index in [1.54, 1.807) is 11.0 Å². The van der Waals surface area contributed by atoms with Crippen molar-refractivity contribution in [3.05, 3.63) is 35.0 Å². The lowest BCUT2D eigenvalue weighted by Gasteiger charge is -2.18. The van der Waals surface area contributed by atoms with Crippen molar-refractivity contribution in [2.75, 3.05) is 13.1 Å². The summed E-state index contributed by atoms with van der Waals surface area (Å²) >= 11 is 0. The zero-order valence-corrected chi connectivity index (χ0v) is 9.51. The fourth-order valence-corrected chi connectivity index (χ4v) is 1.32. The Kier molecular flexibility index (Phi) is 3.99. The van der Waals surface area contributed by atoms with Gasteiger partial charge in [0.25, 0.3) is 0 Å². The number of amides is 1. The van der Waals surface area contributed by atoms with Gasteiger partial charge in [-0.15, -0.1) is 0 Å². The van der Waals surface area contributed by atoms with E-state index in [2.05, 4.69) is 11.6 Å². The summed E-state index contributed by atoms with van der Waals surface area (Å²) in [7, 11) is 0. The zero-order chi connectivity index (χ0) is 12.1. The molecule has 0 saturated heterocycles. The van der Waals surface area contributed by atoms with E-state index >= 15 is 0 Å². The molecule has 0 aliphatic carbocycles. The fourth-order valence-electron chi connectivity index (χ4n) is 1.32. The molecule has 1 amide bonds. The second-order valence-corrected chi connectivity index (χ2v) is 3.20. The monoisotopic (exact) mass is 221 g/mol. The molecule has 0 N–H and O–H groups in total. The minimum Gasteiger partial charge on any atom is -0.325 e. The molecular weight excluding hydrogens is 206 g/mol. The summed E-state index contributed by atoms with van der Waals surface area (Å²) in [5.41, 5.74) is 0.0719. The Hall–Kier alpha value is -1.91. The molecule has 0 spiro atoms. The van der Waals surface area contributed by atoms with E-state index in [1.807, 2.05) is 13.8 Å². The molecule has 1 aromatic rings. The molecule has 0 atom stereocenters. The van der Waals surface area contributed by atoms with Crippen LogP contribution in [0, 0.1) is 0 Å². The lowest BCUT2D eigenvalue weighted by Crippen LogP contribution is -2.40. The van der Waals surface area contributed by atoms with Gasteiger partial charge in [0.2, 0.25) is 0 Å². The van der Waals surface area contributed by atoms with Gasteiger partial charge in [0.15, 0.2) is 0 Å². The van der Waals surface area contributed by atoms with Crippen molar-refractivity contribution in [2.45, 2.75) is 13.8 Å². The van der Waals surface area contributed by atoms with Gasteiger partial charge in [-0.25, -0.2) is 19.1 Å². The highest BCUT2D eigenvalue weighted by Crippen LogP contribution is 1.98. The Morgan fingerprint density at radius 2 is 2.19 bits per heavy atom. The molecule has 1 heterocycles. The summed E-state index contributed by atoms with van der Waals surface area (Å²) in [5.74, 6) is 0. The Bertz CT molecular complexity index is 447. The van der Waals surface area contributed by atoms with Crippen molar-refractivity contribution in [2.24, 2.45) is 0 Å². The first-order chi connectivity index (χ1) is 7.63. The van der Waals surface area contributed by atoms with E-state index in [4.69, 9.17) is 0 Å². The van der Waals surface area contributed by atoms with Crippen molar-refractivity contribution in [3.8, 4) is 0 Å². The number of carbonyl (C=O) groups is 1. The van der Waals surface area contributed by atoms with Crippen LogP contribution in [0.25, 0.3) is 6.08 Å². The van der Waals surface area contributed by atoms with E-state index in [1.165, 1.54) is 12.4 Å². The van der Waals surface area contributed by atoms with Crippen LogP contribution in [-0.2, 0) is 0 Å². The Balaban J connectivity index is 3.16. The van der Waals surface area contributed by atoms with Crippen LogP contribution in [0.15, 0.2) is 23.8 Å². The summed E-state index contributed by atoms with van der Waals surface area (Å²) in [6.45, 7) is 8.39. The second-order valence-electron chi connectivity index (χ2n) is 3.20. The number of carbonyl (C=O) groups excluding carboxylic acids is 1. The predicted octanol–water partition coefficient (Wildman–Crippen LogP) is 1.20. The first-order valence-corrected chi connectivity index (χ1v) is 5.14. The number of rotatable bonds is 3. The maximum atomic E-state index is 11.9. The van der Waals surface area contributed by atoms with Gasteiger partial charge in [0, 0.05) is 31.0 Å². The summed E-state index contributed by atoms with van der Waals surface area (Å²) in [6.07, 6.45) is 4.38. The van der Waals surface area contributed by atoms with Crippen LogP contribution in [0.3, 0.4) is 0 Å². The van der Waals surface area contributed by atoms with Crippen LogP contribution in [-0.4, -0.2) is 33.6 Å². The number of aromatic nitrogens is 2. The third kappa shape index (κ3) is 2.36. The highest BCUT2D eigenvalue weighted by molar-refractivity contribution is 5.76. The maximum Gasteiger partial charge on any atom is 0.355 e. The summed E-state index contributed by atoms with van der Waals surface area (Å²) < 4.78 is 1.00. The SMILES string of the molecule is C=Cc1cnc(=O)n(C(=O)N(CC)CC)c1. The quantitative estimate of drug-likeness (QED) is 0.770. The maximum absolute atomic E-state index is 11.9. The molecule has 16 heavy (non-hydrogen) atoms. The third-order valence-electron chi connectivity index (χ3n) is 2.28. The third-order valence-corrected chi connectivity index (χ3v) is 2.28. The van der Waals surface area contributed by atoms with Crippen molar-refractivity contribution in [1.82, 2.24) is 14.5 Å². The van der Waals surface area contributed by atoms with Crippen LogP contribution in [0.4, 0.5) is 4.79 Å². The molecule has 0 bridgehead atoms. The lowest BCUT2D eigenvalue weighted by atomic mass is 10.3. The summed E-state index contributed by atoms with van der Waals surface area (Å²) in [6, 6.07) is -0.355. The molecule has 0 unspecified atom stereocenters. The van der Waals surface area contributed by atoms with E-state index in [-0.39, 0.29) is 6.03 Å². The zero-order valence-electron chi connectivity index (χ0n) is 9.51. The molecule has 0 aliphatic heterocycles. The molecule has 1 rings (SSSR count). The van der Waals surface area contributed by atoms with Gasteiger partial charge in [-0.1, -0.05) is 12.7 Å². The minimum absolute atomic E-state index is 0.355. The average Bonchev–Trinajstić information content (AvgIpc) is 2.31. The molecule has 5 nitrogen and oxygen atoms in total. The van der Waals surface area contributed by atoms with Crippen molar-refractivity contribution in [3.63, 3.8) is 0 Å². The summed E-state index contributed by atoms with van der Waals surface area (Å²) in [4.78, 5) is 28.5. The molecule has 0 saturated carbocycles. The second kappa shape index (κ2) is 5.25. The highest BCUT2D eigenvalue weighted by Gasteiger charge is 2.13. The van der Waals surface area contributed by atoms with Gasteiger partial charge in [-0.3, -0.25) is 0 Å². The van der Waals surface area contributed by atoms with Crippen molar-refractivity contribution in [1.29, 1.82) is 0 Å². The molecule has 1 aromatic heterocycles. The molecule has 0 radical (unpaired) electrons. The van der Waals surface area contributed by atoms with E-state index in [0.29, 0.717) is 18.7 Å². The van der Waals surface area contributed by atoms with Gasteiger partial charge in [-0.05, 0) is 13.8 Å². The van der Waals surface area contributed by atoms with Crippen LogP contribution < -0.4 is 5.69 Å². The predicted molar refractivity (Wildman–Crippen MR) is 62.3 cm³/mol. The van der Waals surface area contributed by atoms with Crippen LogP contribution in [0.5, 0.6) is 0 Å². The molecular formula is C11H15N3O2. The molecule has 0 aromatic carbocycles. The molecule has 0 fully saturated rings. The topological polar surface area (TPSA) is 55.2 Å². The fraction of sp³-hybridized carbons (Fsp3) is 0.364. The largest absolute Gasteiger partial charge is 0.355 e. The number of hydrogen-bond donors (Lipinski definition) is 0. The van der Waals surface area contributed by atoms with E-state index in [9.17, 15) is 9.59 Å². The standard InChI is InChI=1S/C11H15N3O2/c1-4-9-7-12-10(15)14(8-9)11(16)13(5-2)6-3/h4,7-8H,1,5-6H2,2-3H3. The van der Waals surface area contributed by atoms with Gasteiger partial charge in [-0.2, -0.15) is 0 Å². The van der Waals surface area contributed by atoms with E-state index < -0.39 is 5.69 Å². The van der Waals surface area contributed by atoms with Crippen molar-refractivity contribution >= 4 is 12.1 Å². The Morgan fingerprint density at radius 1 is 1.56 bits per heavy atom. The number of hydrogen-bond acceptors (Lipinski definition) is 3. The minimum atomic E-state index is -0.567. The number of nitrogens with zero attached hydrogens (tertiary/aromatic N) is 3. The van der Waals surface area contributed by atoms with Gasteiger partial charge in [0.1, 0.15) is 0 Å². The first-order valence-electron chi connectivity index (χ1n) is 5.14. The van der Waals surface area contributed by atoms with Crippen LogP contribution in [0.1, 0.15) is 19.4 Å². The van der Waals surface area contributed by atoms with Crippen LogP contribution >= 0.6 is 0 Å². The summed E-state index contributed by atoms with van der Waals surface area (Å²) in [5, 5.41) is 0.